The zero-order chi connectivity index (χ0) is 11.0. The van der Waals surface area contributed by atoms with Gasteiger partial charge in [-0.1, -0.05) is 12.8 Å². The molecule has 0 aliphatic heterocycles. The van der Waals surface area contributed by atoms with Crippen LogP contribution in [0.1, 0.15) is 31.7 Å². The summed E-state index contributed by atoms with van der Waals surface area (Å²) in [4.78, 5) is 24.9. The van der Waals surface area contributed by atoms with Crippen LogP contribution in [0.2, 0.25) is 0 Å². The first-order valence-corrected chi connectivity index (χ1v) is 5.01. The van der Waals surface area contributed by atoms with E-state index in [4.69, 9.17) is 11.5 Å². The Bertz CT molecular complexity index is 482. The van der Waals surface area contributed by atoms with Gasteiger partial charge in [-0.25, -0.2) is 4.79 Å². The molecular weight excluding hydrogens is 196 g/mol. The van der Waals surface area contributed by atoms with Gasteiger partial charge in [0.15, 0.2) is 0 Å². The number of hydrogen-bond donors (Lipinski definition) is 3. The van der Waals surface area contributed by atoms with Crippen molar-refractivity contribution in [1.29, 1.82) is 0 Å². The highest BCUT2D eigenvalue weighted by Crippen LogP contribution is 2.30. The molecular formula is C9H14N4O2. The lowest BCUT2D eigenvalue weighted by Crippen LogP contribution is -2.35. The summed E-state index contributed by atoms with van der Waals surface area (Å²) >= 11 is 0. The second-order valence-corrected chi connectivity index (χ2v) is 3.87. The van der Waals surface area contributed by atoms with Crippen molar-refractivity contribution in [2.24, 2.45) is 0 Å². The van der Waals surface area contributed by atoms with E-state index in [9.17, 15) is 9.59 Å². The topological polar surface area (TPSA) is 107 Å². The normalized spacial score (nSPS) is 17.1. The van der Waals surface area contributed by atoms with Crippen LogP contribution in [0.25, 0.3) is 0 Å². The van der Waals surface area contributed by atoms with Crippen molar-refractivity contribution in [2.75, 3.05) is 11.5 Å². The van der Waals surface area contributed by atoms with Gasteiger partial charge in [0.1, 0.15) is 11.5 Å². The summed E-state index contributed by atoms with van der Waals surface area (Å²) in [6.07, 6.45) is 3.98. The van der Waals surface area contributed by atoms with Crippen LogP contribution in [0.15, 0.2) is 9.59 Å². The molecule has 1 aliphatic carbocycles. The second-order valence-electron chi connectivity index (χ2n) is 3.87. The largest absolute Gasteiger partial charge is 0.391 e. The Balaban J connectivity index is 2.60. The highest BCUT2D eigenvalue weighted by molar-refractivity contribution is 5.56. The van der Waals surface area contributed by atoms with E-state index < -0.39 is 11.2 Å². The quantitative estimate of drug-likeness (QED) is 0.597. The Kier molecular flexibility index (Phi) is 2.26. The molecule has 1 fully saturated rings. The first-order valence-electron chi connectivity index (χ1n) is 5.01. The molecule has 0 bridgehead atoms. The number of anilines is 2. The highest BCUT2D eigenvalue weighted by Gasteiger charge is 2.21. The van der Waals surface area contributed by atoms with Gasteiger partial charge in [0.05, 0.1) is 0 Å². The summed E-state index contributed by atoms with van der Waals surface area (Å²) in [7, 11) is 0. The minimum Gasteiger partial charge on any atom is -0.391 e. The van der Waals surface area contributed by atoms with Crippen molar-refractivity contribution in [3.05, 3.63) is 20.8 Å². The van der Waals surface area contributed by atoms with E-state index in [-0.39, 0.29) is 17.5 Å². The van der Waals surface area contributed by atoms with Crippen LogP contribution in [-0.4, -0.2) is 9.55 Å². The smallest absolute Gasteiger partial charge is 0.330 e. The van der Waals surface area contributed by atoms with Gasteiger partial charge in [-0.05, 0) is 12.8 Å². The molecule has 0 spiro atoms. The lowest BCUT2D eigenvalue weighted by molar-refractivity contribution is 0.499. The van der Waals surface area contributed by atoms with E-state index in [1.54, 1.807) is 0 Å². The summed E-state index contributed by atoms with van der Waals surface area (Å²) in [6, 6.07) is 0.0802. The summed E-state index contributed by atoms with van der Waals surface area (Å²) in [6.45, 7) is 0. The van der Waals surface area contributed by atoms with Gasteiger partial charge in [0.25, 0.3) is 5.56 Å². The molecule has 0 radical (unpaired) electrons. The first-order chi connectivity index (χ1) is 7.11. The van der Waals surface area contributed by atoms with Gasteiger partial charge < -0.3 is 11.5 Å². The number of hydrogen-bond acceptors (Lipinski definition) is 4. The molecule has 82 valence electrons. The second kappa shape index (κ2) is 3.45. The van der Waals surface area contributed by atoms with Crippen molar-refractivity contribution >= 4 is 11.5 Å². The Hall–Kier alpha value is -1.72. The number of nitrogens with zero attached hydrogens (tertiary/aromatic N) is 1. The molecule has 15 heavy (non-hydrogen) atoms. The Morgan fingerprint density at radius 1 is 1.20 bits per heavy atom. The van der Waals surface area contributed by atoms with Crippen LogP contribution < -0.4 is 22.7 Å². The predicted molar refractivity (Wildman–Crippen MR) is 57.7 cm³/mol. The highest BCUT2D eigenvalue weighted by atomic mass is 16.2. The maximum absolute atomic E-state index is 11.6. The van der Waals surface area contributed by atoms with E-state index >= 15 is 0 Å². The van der Waals surface area contributed by atoms with Crippen LogP contribution in [0.5, 0.6) is 0 Å². The minimum atomic E-state index is -0.605. The fraction of sp³-hybridized carbons (Fsp3) is 0.556. The Labute approximate surface area is 85.9 Å². The standard InChI is InChI=1S/C9H14N4O2/c10-6-7(11)13(5-3-1-2-4-5)9(15)12-8(6)14/h5H,1-4,10-11H2,(H,12,14,15). The van der Waals surface area contributed by atoms with Crippen LogP contribution in [-0.2, 0) is 0 Å². The maximum atomic E-state index is 11.6. The third-order valence-electron chi connectivity index (χ3n) is 2.91. The average molecular weight is 210 g/mol. The van der Waals surface area contributed by atoms with Crippen molar-refractivity contribution in [3.63, 3.8) is 0 Å². The number of rotatable bonds is 1. The molecule has 6 nitrogen and oxygen atoms in total. The number of nitrogens with one attached hydrogen (secondary N) is 1. The van der Waals surface area contributed by atoms with Gasteiger partial charge in [0, 0.05) is 6.04 Å². The molecule has 0 unspecified atom stereocenters. The molecule has 2 rings (SSSR count). The molecule has 0 aromatic carbocycles. The average Bonchev–Trinajstić information content (AvgIpc) is 2.68. The number of nitrogens with two attached hydrogens (primary N) is 2. The van der Waals surface area contributed by atoms with Crippen molar-refractivity contribution in [1.82, 2.24) is 9.55 Å². The number of aromatic nitrogens is 2. The fourth-order valence-electron chi connectivity index (χ4n) is 2.11. The summed E-state index contributed by atoms with van der Waals surface area (Å²) < 4.78 is 1.41. The van der Waals surface area contributed by atoms with Crippen LogP contribution in [0.4, 0.5) is 11.5 Å². The Morgan fingerprint density at radius 3 is 2.40 bits per heavy atom. The molecule has 0 atom stereocenters. The zero-order valence-electron chi connectivity index (χ0n) is 8.32. The molecule has 1 aliphatic rings. The number of nitrogen functional groups attached to an aromatic ring is 2. The number of aromatic amines is 1. The van der Waals surface area contributed by atoms with Crippen LogP contribution in [0, 0.1) is 0 Å². The maximum Gasteiger partial charge on any atom is 0.330 e. The molecule has 6 heteroatoms. The first kappa shape index (κ1) is 9.82. The molecule has 5 N–H and O–H groups in total. The predicted octanol–water partition coefficient (Wildman–Crippen LogP) is -0.184. The van der Waals surface area contributed by atoms with E-state index in [1.807, 2.05) is 0 Å². The molecule has 0 saturated heterocycles. The minimum absolute atomic E-state index is 0.0681. The Morgan fingerprint density at radius 2 is 1.80 bits per heavy atom. The molecule has 1 heterocycles. The van der Waals surface area contributed by atoms with Gasteiger partial charge in [0.2, 0.25) is 0 Å². The lowest BCUT2D eigenvalue weighted by atomic mass is 10.2. The third-order valence-corrected chi connectivity index (χ3v) is 2.91. The zero-order valence-corrected chi connectivity index (χ0v) is 8.32. The van der Waals surface area contributed by atoms with E-state index in [1.165, 1.54) is 4.57 Å². The van der Waals surface area contributed by atoms with Crippen molar-refractivity contribution in [2.45, 2.75) is 31.7 Å². The van der Waals surface area contributed by atoms with E-state index in [0.717, 1.165) is 25.7 Å². The van der Waals surface area contributed by atoms with E-state index in [0.29, 0.717) is 0 Å². The van der Waals surface area contributed by atoms with Gasteiger partial charge >= 0.3 is 5.69 Å². The fourth-order valence-corrected chi connectivity index (χ4v) is 2.11. The number of H-pyrrole nitrogens is 1. The molecule has 0 amide bonds. The summed E-state index contributed by atoms with van der Waals surface area (Å²) in [5, 5.41) is 0. The van der Waals surface area contributed by atoms with Crippen LogP contribution >= 0.6 is 0 Å². The molecule has 1 aromatic heterocycles. The molecule has 1 aromatic rings. The van der Waals surface area contributed by atoms with Gasteiger partial charge in [-0.15, -0.1) is 0 Å². The van der Waals surface area contributed by atoms with Gasteiger partial charge in [-0.2, -0.15) is 0 Å². The van der Waals surface area contributed by atoms with E-state index in [2.05, 4.69) is 4.98 Å². The lowest BCUT2D eigenvalue weighted by Gasteiger charge is -2.16. The van der Waals surface area contributed by atoms with Crippen LogP contribution in [0.3, 0.4) is 0 Å². The monoisotopic (exact) mass is 210 g/mol. The summed E-state index contributed by atoms with van der Waals surface area (Å²) in [5.74, 6) is 0.0932. The van der Waals surface area contributed by atoms with Crippen molar-refractivity contribution < 1.29 is 0 Å². The SMILES string of the molecule is Nc1c(N)n(C2CCCC2)c(=O)[nH]c1=O. The third kappa shape index (κ3) is 1.51. The molecule has 1 saturated carbocycles. The van der Waals surface area contributed by atoms with Gasteiger partial charge in [-0.3, -0.25) is 14.3 Å². The van der Waals surface area contributed by atoms with Crippen molar-refractivity contribution in [3.8, 4) is 0 Å². The summed E-state index contributed by atoms with van der Waals surface area (Å²) in [5.41, 5.74) is 10.0.